The maximum absolute atomic E-state index is 15.0. The van der Waals surface area contributed by atoms with Gasteiger partial charge in [-0.2, -0.15) is 0 Å². The minimum atomic E-state index is -1.52. The summed E-state index contributed by atoms with van der Waals surface area (Å²) in [6.45, 7) is 3.53. The molecule has 7 atom stereocenters. The van der Waals surface area contributed by atoms with Crippen LogP contribution in [0, 0.1) is 5.92 Å². The number of fused-ring (bicyclic) bond motifs is 4. The number of aromatic nitrogens is 4. The van der Waals surface area contributed by atoms with Crippen molar-refractivity contribution in [1.29, 1.82) is 0 Å². The van der Waals surface area contributed by atoms with E-state index in [-0.39, 0.29) is 51.0 Å². The van der Waals surface area contributed by atoms with Crippen LogP contribution in [0.15, 0.2) is 127 Å². The van der Waals surface area contributed by atoms with Gasteiger partial charge in [0.25, 0.3) is 0 Å². The number of aromatic amines is 4. The number of hydrogen-bond acceptors (Lipinski definition) is 10. The zero-order valence-electron chi connectivity index (χ0n) is 45.8. The van der Waals surface area contributed by atoms with Crippen LogP contribution in [0.5, 0.6) is 0 Å². The number of para-hydroxylation sites is 4. The van der Waals surface area contributed by atoms with E-state index < -0.39 is 102 Å². The summed E-state index contributed by atoms with van der Waals surface area (Å²) in [6.07, 6.45) is 6.06. The van der Waals surface area contributed by atoms with Gasteiger partial charge < -0.3 is 79.9 Å². The minimum absolute atomic E-state index is 0.0650. The van der Waals surface area contributed by atoms with Crippen molar-refractivity contribution in [3.05, 3.63) is 144 Å². The van der Waals surface area contributed by atoms with Gasteiger partial charge >= 0.3 is 5.97 Å². The highest BCUT2D eigenvalue weighted by molar-refractivity contribution is 5.99. The SMILES string of the molecule is CC(C)C(NC(=O)C(Cc1c[nH]c2ccccc12)NC(=O)C(Cc1c[nH]c2ccccc12)NC(=O)C(N)CC(=O)O)C(=O)NC(Cc1c[nH]c2ccccc12)C(=O)NC(Cc1c[nH]c2ccccc12)C(=O)NC(CCCN=C(N)N)C(N)=O. The largest absolute Gasteiger partial charge is 0.481 e. The lowest BCUT2D eigenvalue weighted by Crippen LogP contribution is -2.61. The number of benzene rings is 4. The smallest absolute Gasteiger partial charge is 0.305 e. The van der Waals surface area contributed by atoms with Gasteiger partial charge in [0.1, 0.15) is 36.3 Å². The van der Waals surface area contributed by atoms with Crippen LogP contribution in [-0.2, 0) is 64.0 Å². The minimum Gasteiger partial charge on any atom is -0.481 e. The zero-order chi connectivity index (χ0) is 59.3. The van der Waals surface area contributed by atoms with Crippen LogP contribution >= 0.6 is 0 Å². The molecule has 0 aliphatic rings. The average molecular weight is 1130 g/mol. The first-order valence-electron chi connectivity index (χ1n) is 27.2. The van der Waals surface area contributed by atoms with Gasteiger partial charge in [-0.25, -0.2) is 0 Å². The number of H-pyrrole nitrogens is 4. The topological polar surface area (TPSA) is 409 Å². The van der Waals surface area contributed by atoms with Crippen molar-refractivity contribution in [1.82, 2.24) is 51.8 Å². The van der Waals surface area contributed by atoms with E-state index in [9.17, 15) is 38.7 Å². The van der Waals surface area contributed by atoms with Crippen molar-refractivity contribution >= 4 is 96.9 Å². The fourth-order valence-corrected chi connectivity index (χ4v) is 10.1. The summed E-state index contributed by atoms with van der Waals surface area (Å²) >= 11 is 0. The average Bonchev–Trinajstić information content (AvgIpc) is 4.39. The molecule has 0 aliphatic heterocycles. The van der Waals surface area contributed by atoms with Crippen molar-refractivity contribution in [3.8, 4) is 0 Å². The molecule has 83 heavy (non-hydrogen) atoms. The maximum atomic E-state index is 15.0. The van der Waals surface area contributed by atoms with Crippen molar-refractivity contribution in [3.63, 3.8) is 0 Å². The number of aliphatic carboxylic acids is 1. The molecule has 0 fully saturated rings. The van der Waals surface area contributed by atoms with E-state index in [0.717, 1.165) is 43.6 Å². The number of amides is 7. The lowest BCUT2D eigenvalue weighted by Gasteiger charge is -2.29. The second-order valence-corrected chi connectivity index (χ2v) is 20.8. The van der Waals surface area contributed by atoms with E-state index in [1.54, 1.807) is 38.6 Å². The highest BCUT2D eigenvalue weighted by Crippen LogP contribution is 2.24. The quantitative estimate of drug-likeness (QED) is 0.0190. The molecule has 0 saturated carbocycles. The summed E-state index contributed by atoms with van der Waals surface area (Å²) in [5.74, 6) is -7.77. The molecule has 4 aromatic heterocycles. The number of carboxylic acid groups (broad SMARTS) is 1. The number of rotatable bonds is 28. The number of primary amides is 1. The molecule has 19 N–H and O–H groups in total. The van der Waals surface area contributed by atoms with Crippen molar-refractivity contribution < 1.29 is 43.5 Å². The van der Waals surface area contributed by atoms with Gasteiger partial charge in [-0.15, -0.1) is 0 Å². The number of guanidine groups is 1. The van der Waals surface area contributed by atoms with Crippen LogP contribution in [0.4, 0.5) is 0 Å². The number of carboxylic acids is 1. The summed E-state index contributed by atoms with van der Waals surface area (Å²) in [4.78, 5) is 129. The zero-order valence-corrected chi connectivity index (χ0v) is 45.8. The molecule has 7 amide bonds. The number of carbonyl (C=O) groups is 8. The van der Waals surface area contributed by atoms with E-state index in [1.165, 1.54) is 0 Å². The Hall–Kier alpha value is -9.97. The van der Waals surface area contributed by atoms with Gasteiger partial charge in [0.2, 0.25) is 41.4 Å². The van der Waals surface area contributed by atoms with E-state index in [1.807, 2.05) is 97.1 Å². The van der Waals surface area contributed by atoms with Gasteiger partial charge in [0.15, 0.2) is 5.96 Å². The normalized spacial score (nSPS) is 14.0. The number of aliphatic imine (C=N–C) groups is 1. The third-order valence-corrected chi connectivity index (χ3v) is 14.5. The molecule has 0 saturated heterocycles. The fraction of sp³-hybridized carbons (Fsp3) is 0.305. The molecule has 434 valence electrons. The fourth-order valence-electron chi connectivity index (χ4n) is 10.1. The summed E-state index contributed by atoms with van der Waals surface area (Å²) in [7, 11) is 0. The van der Waals surface area contributed by atoms with Gasteiger partial charge in [-0.1, -0.05) is 86.6 Å². The summed E-state index contributed by atoms with van der Waals surface area (Å²) < 4.78 is 0. The lowest BCUT2D eigenvalue weighted by atomic mass is 9.98. The number of nitrogens with two attached hydrogens (primary N) is 4. The first kappa shape index (κ1) is 59.2. The van der Waals surface area contributed by atoms with Crippen LogP contribution in [0.3, 0.4) is 0 Å². The predicted octanol–water partition coefficient (Wildman–Crippen LogP) is 1.79. The monoisotopic (exact) mass is 1130 g/mol. The second-order valence-electron chi connectivity index (χ2n) is 20.8. The molecular formula is C59H69N15O9. The Morgan fingerprint density at radius 1 is 0.470 bits per heavy atom. The number of nitrogens with one attached hydrogen (secondary N) is 10. The van der Waals surface area contributed by atoms with Gasteiger partial charge in [0.05, 0.1) is 12.5 Å². The molecule has 8 rings (SSSR count). The Morgan fingerprint density at radius 2 is 0.795 bits per heavy atom. The van der Waals surface area contributed by atoms with Gasteiger partial charge in [-0.05, 0) is 65.3 Å². The third kappa shape index (κ3) is 15.1. The van der Waals surface area contributed by atoms with Gasteiger partial charge in [-0.3, -0.25) is 43.3 Å². The van der Waals surface area contributed by atoms with Crippen LogP contribution in [-0.4, -0.2) is 127 Å². The highest BCUT2D eigenvalue weighted by Gasteiger charge is 2.36. The van der Waals surface area contributed by atoms with E-state index in [2.05, 4.69) is 56.8 Å². The molecule has 24 nitrogen and oxygen atoms in total. The standard InChI is InChI=1S/C59H69N15O9/c1-31(2)51(74-57(82)49(25-35-30-68-44-19-10-6-15-39(35)44)72-55(80)46(70-53(78)40(60)26-50(75)76)22-32-27-65-41-16-7-3-12-36(32)41)58(83)73-48(24-34-29-67-43-18-9-5-14-38(34)43)56(81)71-47(23-33-28-66-42-17-8-4-13-37(33)42)54(79)69-45(52(61)77)20-11-21-64-59(62)63/h3-10,12-19,27-31,40,45-49,51,65-68H,11,20-26,60H2,1-2H3,(H2,61,77)(H,69,79)(H,70,78)(H,71,81)(H,72,80)(H,73,83)(H,74,82)(H,75,76)(H4,62,63,64). The van der Waals surface area contributed by atoms with Crippen LogP contribution in [0.25, 0.3) is 43.6 Å². The Balaban J connectivity index is 1.09. The van der Waals surface area contributed by atoms with E-state index in [4.69, 9.17) is 22.9 Å². The Morgan fingerprint density at radius 3 is 1.13 bits per heavy atom. The lowest BCUT2D eigenvalue weighted by molar-refractivity contribution is -0.140. The summed E-state index contributed by atoms with van der Waals surface area (Å²) in [6, 6.07) is 19.8. The molecule has 0 radical (unpaired) electrons. The molecule has 4 heterocycles. The third-order valence-electron chi connectivity index (χ3n) is 14.5. The number of hydrogen-bond donors (Lipinski definition) is 15. The molecule has 0 bridgehead atoms. The highest BCUT2D eigenvalue weighted by atomic mass is 16.4. The summed E-state index contributed by atoms with van der Waals surface area (Å²) in [5, 5.41) is 29.2. The molecule has 24 heteroatoms. The summed E-state index contributed by atoms with van der Waals surface area (Å²) in [5.41, 5.74) is 28.3. The van der Waals surface area contributed by atoms with Gasteiger partial charge in [0, 0.05) is 101 Å². The second kappa shape index (κ2) is 27.0. The molecule has 4 aromatic carbocycles. The first-order valence-corrected chi connectivity index (χ1v) is 27.2. The predicted molar refractivity (Wildman–Crippen MR) is 314 cm³/mol. The first-order chi connectivity index (χ1) is 39.8. The Kier molecular flexibility index (Phi) is 19.2. The molecule has 0 aliphatic carbocycles. The van der Waals surface area contributed by atoms with E-state index >= 15 is 4.79 Å². The number of nitrogens with zero attached hydrogens (tertiary/aromatic N) is 1. The Labute approximate surface area is 476 Å². The van der Waals surface area contributed by atoms with Crippen LogP contribution in [0.1, 0.15) is 55.4 Å². The molecule has 7 unspecified atom stereocenters. The maximum Gasteiger partial charge on any atom is 0.305 e. The molecule has 8 aromatic rings. The van der Waals surface area contributed by atoms with E-state index in [0.29, 0.717) is 22.3 Å². The van der Waals surface area contributed by atoms with Crippen molar-refractivity contribution in [2.45, 2.75) is 101 Å². The number of carbonyl (C=O) groups excluding carboxylic acids is 7. The van der Waals surface area contributed by atoms with Crippen LogP contribution < -0.4 is 54.8 Å². The van der Waals surface area contributed by atoms with Crippen LogP contribution in [0.2, 0.25) is 0 Å². The van der Waals surface area contributed by atoms with Crippen molar-refractivity contribution in [2.75, 3.05) is 6.54 Å². The van der Waals surface area contributed by atoms with Crippen molar-refractivity contribution in [2.24, 2.45) is 33.8 Å². The molecule has 0 spiro atoms. The molecular weight excluding hydrogens is 1060 g/mol. The Bertz CT molecular complexity index is 3690.